The van der Waals surface area contributed by atoms with Gasteiger partial charge in [-0.3, -0.25) is 0 Å². The molecule has 12 heavy (non-hydrogen) atoms. The maximum absolute atomic E-state index is 8.75. The van der Waals surface area contributed by atoms with Crippen molar-refractivity contribution in [1.29, 1.82) is 5.26 Å². The molecule has 0 saturated heterocycles. The number of hydrogen-bond acceptors (Lipinski definition) is 4. The summed E-state index contributed by atoms with van der Waals surface area (Å²) in [7, 11) is 1.50. The lowest BCUT2D eigenvalue weighted by Crippen LogP contribution is -2.12. The van der Waals surface area contributed by atoms with Crippen molar-refractivity contribution in [2.24, 2.45) is 0 Å². The summed E-state index contributed by atoms with van der Waals surface area (Å²) in [5.74, 6) is 0.912. The number of nitriles is 1. The maximum Gasteiger partial charge on any atom is 0.254 e. The maximum atomic E-state index is 8.75. The van der Waals surface area contributed by atoms with E-state index in [4.69, 9.17) is 14.5 Å². The minimum absolute atomic E-state index is 0.397. The highest BCUT2D eigenvalue weighted by molar-refractivity contribution is 5.24. The van der Waals surface area contributed by atoms with Crippen molar-refractivity contribution in [3.8, 4) is 11.9 Å². The van der Waals surface area contributed by atoms with Gasteiger partial charge in [-0.25, -0.2) is 0 Å². The Labute approximate surface area is 70.7 Å². The molecule has 1 rings (SSSR count). The Morgan fingerprint density at radius 1 is 1.67 bits per heavy atom. The van der Waals surface area contributed by atoms with E-state index in [2.05, 4.69) is 11.2 Å². The van der Waals surface area contributed by atoms with Gasteiger partial charge in [-0.15, -0.1) is 0 Å². The molecule has 0 bridgehead atoms. The lowest BCUT2D eigenvalue weighted by Gasteiger charge is -2.08. The van der Waals surface area contributed by atoms with Gasteiger partial charge in [0.05, 0.1) is 13.2 Å². The van der Waals surface area contributed by atoms with Crippen molar-refractivity contribution in [1.82, 2.24) is 5.16 Å². The molecule has 0 fully saturated rings. The van der Waals surface area contributed by atoms with Gasteiger partial charge >= 0.3 is 0 Å². The molecule has 0 saturated carbocycles. The van der Waals surface area contributed by atoms with E-state index < -0.39 is 5.41 Å². The van der Waals surface area contributed by atoms with Crippen LogP contribution in [0.4, 0.5) is 0 Å². The minimum Gasteiger partial charge on any atom is -0.479 e. The molecule has 4 nitrogen and oxygen atoms in total. The summed E-state index contributed by atoms with van der Waals surface area (Å²) >= 11 is 0. The highest BCUT2D eigenvalue weighted by Gasteiger charge is 2.25. The standard InChI is InChI=1S/C8H10N2O2/c1-8(2,5-9)6-4-7(11-3)10-12-6/h4H,1-3H3. The lowest BCUT2D eigenvalue weighted by atomic mass is 9.93. The summed E-state index contributed by atoms with van der Waals surface area (Å²) in [4.78, 5) is 0. The molecule has 0 radical (unpaired) electrons. The van der Waals surface area contributed by atoms with E-state index in [1.807, 2.05) is 0 Å². The van der Waals surface area contributed by atoms with Gasteiger partial charge in [-0.05, 0) is 19.0 Å². The Morgan fingerprint density at radius 2 is 2.33 bits per heavy atom. The van der Waals surface area contributed by atoms with Gasteiger partial charge in [0.1, 0.15) is 5.41 Å². The molecule has 0 spiro atoms. The lowest BCUT2D eigenvalue weighted by molar-refractivity contribution is 0.311. The van der Waals surface area contributed by atoms with Crippen molar-refractivity contribution in [2.45, 2.75) is 19.3 Å². The first-order chi connectivity index (χ1) is 5.60. The van der Waals surface area contributed by atoms with E-state index in [0.717, 1.165) is 0 Å². The second-order valence-electron chi connectivity index (χ2n) is 2.97. The van der Waals surface area contributed by atoms with Crippen LogP contribution in [0.1, 0.15) is 19.6 Å². The van der Waals surface area contributed by atoms with E-state index in [-0.39, 0.29) is 0 Å². The number of rotatable bonds is 2. The van der Waals surface area contributed by atoms with E-state index in [9.17, 15) is 0 Å². The predicted octanol–water partition coefficient (Wildman–Crippen LogP) is 1.48. The van der Waals surface area contributed by atoms with Crippen molar-refractivity contribution in [2.75, 3.05) is 7.11 Å². The van der Waals surface area contributed by atoms with E-state index in [0.29, 0.717) is 11.6 Å². The number of hydrogen-bond donors (Lipinski definition) is 0. The molecule has 0 aromatic carbocycles. The summed E-state index contributed by atoms with van der Waals surface area (Å²) < 4.78 is 9.73. The second kappa shape index (κ2) is 2.86. The highest BCUT2D eigenvalue weighted by Crippen LogP contribution is 2.24. The molecular formula is C8H10N2O2. The van der Waals surface area contributed by atoms with Crippen molar-refractivity contribution < 1.29 is 9.26 Å². The van der Waals surface area contributed by atoms with Gasteiger partial charge in [-0.2, -0.15) is 5.26 Å². The van der Waals surface area contributed by atoms with Gasteiger partial charge in [0, 0.05) is 6.07 Å². The zero-order valence-electron chi connectivity index (χ0n) is 7.29. The number of ether oxygens (including phenoxy) is 1. The fourth-order valence-corrected chi connectivity index (χ4v) is 0.705. The Morgan fingerprint density at radius 3 is 2.75 bits per heavy atom. The smallest absolute Gasteiger partial charge is 0.254 e. The molecule has 1 heterocycles. The van der Waals surface area contributed by atoms with Crippen LogP contribution in [0.15, 0.2) is 10.6 Å². The van der Waals surface area contributed by atoms with Crippen LogP contribution in [0.3, 0.4) is 0 Å². The van der Waals surface area contributed by atoms with Gasteiger partial charge in [-0.1, -0.05) is 0 Å². The zero-order valence-corrected chi connectivity index (χ0v) is 7.29. The third kappa shape index (κ3) is 1.40. The topological polar surface area (TPSA) is 59.0 Å². The van der Waals surface area contributed by atoms with Crippen LogP contribution in [0.5, 0.6) is 5.88 Å². The van der Waals surface area contributed by atoms with Crippen LogP contribution in [0.2, 0.25) is 0 Å². The van der Waals surface area contributed by atoms with Gasteiger partial charge in [0.15, 0.2) is 5.76 Å². The average molecular weight is 166 g/mol. The molecule has 0 unspecified atom stereocenters. The van der Waals surface area contributed by atoms with Crippen molar-refractivity contribution in [3.05, 3.63) is 11.8 Å². The van der Waals surface area contributed by atoms with Crippen molar-refractivity contribution in [3.63, 3.8) is 0 Å². The van der Waals surface area contributed by atoms with Crippen LogP contribution in [-0.4, -0.2) is 12.3 Å². The molecule has 1 aromatic rings. The monoisotopic (exact) mass is 166 g/mol. The largest absolute Gasteiger partial charge is 0.479 e. The molecule has 0 aliphatic carbocycles. The zero-order chi connectivity index (χ0) is 9.19. The van der Waals surface area contributed by atoms with Gasteiger partial charge in [0.25, 0.3) is 5.88 Å². The van der Waals surface area contributed by atoms with E-state index >= 15 is 0 Å². The summed E-state index contributed by atoms with van der Waals surface area (Å²) in [6.45, 7) is 3.51. The number of aromatic nitrogens is 1. The molecule has 0 amide bonds. The second-order valence-corrected chi connectivity index (χ2v) is 2.97. The van der Waals surface area contributed by atoms with Crippen LogP contribution in [-0.2, 0) is 5.41 Å². The first kappa shape index (κ1) is 8.60. The molecule has 0 N–H and O–H groups in total. The molecule has 0 aliphatic rings. The quantitative estimate of drug-likeness (QED) is 0.667. The number of methoxy groups -OCH3 is 1. The third-order valence-corrected chi connectivity index (χ3v) is 1.59. The van der Waals surface area contributed by atoms with Crippen LogP contribution < -0.4 is 4.74 Å². The fourth-order valence-electron chi connectivity index (χ4n) is 0.705. The van der Waals surface area contributed by atoms with Crippen LogP contribution in [0.25, 0.3) is 0 Å². The third-order valence-electron chi connectivity index (χ3n) is 1.59. The fraction of sp³-hybridized carbons (Fsp3) is 0.500. The Kier molecular flexibility index (Phi) is 2.05. The first-order valence-corrected chi connectivity index (χ1v) is 3.52. The molecular weight excluding hydrogens is 156 g/mol. The summed E-state index contributed by atoms with van der Waals surface area (Å²) in [6.07, 6.45) is 0. The summed E-state index contributed by atoms with van der Waals surface area (Å²) in [5, 5.41) is 12.4. The first-order valence-electron chi connectivity index (χ1n) is 3.52. The predicted molar refractivity (Wildman–Crippen MR) is 41.7 cm³/mol. The number of nitrogens with zero attached hydrogens (tertiary/aromatic N) is 2. The minimum atomic E-state index is -0.649. The summed E-state index contributed by atoms with van der Waals surface area (Å²) in [5.41, 5.74) is -0.649. The van der Waals surface area contributed by atoms with Gasteiger partial charge < -0.3 is 9.26 Å². The van der Waals surface area contributed by atoms with Crippen molar-refractivity contribution >= 4 is 0 Å². The summed E-state index contributed by atoms with van der Waals surface area (Å²) in [6, 6.07) is 3.72. The van der Waals surface area contributed by atoms with Crippen LogP contribution in [0, 0.1) is 11.3 Å². The van der Waals surface area contributed by atoms with Crippen LogP contribution >= 0.6 is 0 Å². The average Bonchev–Trinajstić information content (AvgIpc) is 2.52. The van der Waals surface area contributed by atoms with E-state index in [1.54, 1.807) is 19.9 Å². The molecule has 64 valence electrons. The van der Waals surface area contributed by atoms with E-state index in [1.165, 1.54) is 7.11 Å². The molecule has 4 heteroatoms. The Balaban J connectivity index is 2.98. The normalized spacial score (nSPS) is 10.8. The highest BCUT2D eigenvalue weighted by atomic mass is 16.5. The Bertz CT molecular complexity index is 309. The molecule has 0 atom stereocenters. The SMILES string of the molecule is COc1cc(C(C)(C)C#N)on1. The van der Waals surface area contributed by atoms with Gasteiger partial charge in [0.2, 0.25) is 0 Å². The molecule has 0 aliphatic heterocycles. The molecule has 1 aromatic heterocycles. The Hall–Kier alpha value is -1.50.